The van der Waals surface area contributed by atoms with Gasteiger partial charge in [0.25, 0.3) is 0 Å². The van der Waals surface area contributed by atoms with E-state index in [2.05, 4.69) is 53.0 Å². The van der Waals surface area contributed by atoms with Crippen molar-refractivity contribution in [2.45, 2.75) is 46.3 Å². The van der Waals surface area contributed by atoms with E-state index in [4.69, 9.17) is 0 Å². The van der Waals surface area contributed by atoms with Crippen LogP contribution >= 0.6 is 0 Å². The average Bonchev–Trinajstić information content (AvgIpc) is 2.96. The Kier molecular flexibility index (Phi) is 6.61. The van der Waals surface area contributed by atoms with Gasteiger partial charge in [-0.1, -0.05) is 26.8 Å². The fourth-order valence-electron chi connectivity index (χ4n) is 3.15. The molecular formula is C17H30N4. The van der Waals surface area contributed by atoms with Crippen LogP contribution in [-0.4, -0.2) is 53.5 Å². The third-order valence-corrected chi connectivity index (χ3v) is 4.43. The zero-order valence-corrected chi connectivity index (χ0v) is 13.8. The SMILES string of the molecule is CCNCc1ccc(CN2CCC(N(CC)CC)C2)nc1. The van der Waals surface area contributed by atoms with E-state index in [1.807, 2.05) is 6.20 Å². The van der Waals surface area contributed by atoms with Gasteiger partial charge in [-0.25, -0.2) is 0 Å². The molecular weight excluding hydrogens is 260 g/mol. The van der Waals surface area contributed by atoms with E-state index in [0.717, 1.165) is 38.8 Å². The Morgan fingerprint density at radius 2 is 2.10 bits per heavy atom. The van der Waals surface area contributed by atoms with Crippen molar-refractivity contribution in [3.8, 4) is 0 Å². The second kappa shape index (κ2) is 8.47. The molecule has 0 amide bonds. The predicted molar refractivity (Wildman–Crippen MR) is 88.2 cm³/mol. The van der Waals surface area contributed by atoms with Gasteiger partial charge in [-0.2, -0.15) is 0 Å². The highest BCUT2D eigenvalue weighted by Crippen LogP contribution is 2.17. The fourth-order valence-corrected chi connectivity index (χ4v) is 3.15. The number of likely N-dealkylation sites (N-methyl/N-ethyl adjacent to an activating group) is 1. The molecule has 1 saturated heterocycles. The highest BCUT2D eigenvalue weighted by molar-refractivity contribution is 5.14. The number of nitrogens with zero attached hydrogens (tertiary/aromatic N) is 3. The predicted octanol–water partition coefficient (Wildman–Crippen LogP) is 2.11. The largest absolute Gasteiger partial charge is 0.313 e. The molecule has 0 bridgehead atoms. The highest BCUT2D eigenvalue weighted by atomic mass is 15.2. The van der Waals surface area contributed by atoms with Crippen molar-refractivity contribution in [3.63, 3.8) is 0 Å². The minimum Gasteiger partial charge on any atom is -0.313 e. The first kappa shape index (κ1) is 16.4. The van der Waals surface area contributed by atoms with Crippen LogP contribution in [0.4, 0.5) is 0 Å². The van der Waals surface area contributed by atoms with Gasteiger partial charge < -0.3 is 5.32 Å². The molecule has 1 N–H and O–H groups in total. The summed E-state index contributed by atoms with van der Waals surface area (Å²) in [6.07, 6.45) is 3.30. The molecule has 1 aliphatic heterocycles. The smallest absolute Gasteiger partial charge is 0.0544 e. The molecule has 1 aliphatic rings. The Balaban J connectivity index is 1.82. The molecule has 118 valence electrons. The second-order valence-electron chi connectivity index (χ2n) is 5.84. The zero-order chi connectivity index (χ0) is 15.1. The molecule has 21 heavy (non-hydrogen) atoms. The van der Waals surface area contributed by atoms with E-state index in [0.29, 0.717) is 0 Å². The Bertz CT molecular complexity index is 400. The van der Waals surface area contributed by atoms with Gasteiger partial charge >= 0.3 is 0 Å². The zero-order valence-electron chi connectivity index (χ0n) is 13.8. The van der Waals surface area contributed by atoms with Crippen molar-refractivity contribution in [3.05, 3.63) is 29.6 Å². The lowest BCUT2D eigenvalue weighted by Crippen LogP contribution is -2.37. The van der Waals surface area contributed by atoms with Gasteiger partial charge in [0.2, 0.25) is 0 Å². The molecule has 0 saturated carbocycles. The van der Waals surface area contributed by atoms with Crippen LogP contribution in [0.15, 0.2) is 18.3 Å². The Labute approximate surface area is 129 Å². The summed E-state index contributed by atoms with van der Waals surface area (Å²) in [6, 6.07) is 5.11. The van der Waals surface area contributed by atoms with E-state index in [9.17, 15) is 0 Å². The Morgan fingerprint density at radius 1 is 1.29 bits per heavy atom. The molecule has 2 rings (SSSR count). The summed E-state index contributed by atoms with van der Waals surface area (Å²) in [4.78, 5) is 9.72. The van der Waals surface area contributed by atoms with Crippen molar-refractivity contribution in [2.75, 3.05) is 32.7 Å². The maximum atomic E-state index is 4.61. The van der Waals surface area contributed by atoms with Crippen molar-refractivity contribution in [1.82, 2.24) is 20.1 Å². The molecule has 4 nitrogen and oxygen atoms in total. The number of pyridine rings is 1. The molecule has 1 atom stereocenters. The second-order valence-corrected chi connectivity index (χ2v) is 5.84. The lowest BCUT2D eigenvalue weighted by atomic mass is 10.2. The van der Waals surface area contributed by atoms with E-state index in [-0.39, 0.29) is 0 Å². The normalized spacial score (nSPS) is 19.5. The first-order chi connectivity index (χ1) is 10.3. The summed E-state index contributed by atoms with van der Waals surface area (Å²) < 4.78 is 0. The number of nitrogens with one attached hydrogen (secondary N) is 1. The van der Waals surface area contributed by atoms with Crippen LogP contribution in [0.1, 0.15) is 38.4 Å². The maximum Gasteiger partial charge on any atom is 0.0544 e. The molecule has 0 spiro atoms. The minimum atomic E-state index is 0.730. The van der Waals surface area contributed by atoms with Crippen LogP contribution in [0.5, 0.6) is 0 Å². The Hall–Kier alpha value is -0.970. The summed E-state index contributed by atoms with van der Waals surface area (Å²) >= 11 is 0. The third kappa shape index (κ3) is 4.77. The molecule has 1 unspecified atom stereocenters. The van der Waals surface area contributed by atoms with Crippen molar-refractivity contribution >= 4 is 0 Å². The number of aromatic nitrogens is 1. The quantitative estimate of drug-likeness (QED) is 0.794. The summed E-state index contributed by atoms with van der Waals surface area (Å²) in [5, 5.41) is 3.33. The van der Waals surface area contributed by atoms with E-state index in [1.165, 1.54) is 30.8 Å². The highest BCUT2D eigenvalue weighted by Gasteiger charge is 2.26. The van der Waals surface area contributed by atoms with Gasteiger partial charge in [0, 0.05) is 38.4 Å². The van der Waals surface area contributed by atoms with Crippen molar-refractivity contribution < 1.29 is 0 Å². The van der Waals surface area contributed by atoms with Crippen LogP contribution in [0.2, 0.25) is 0 Å². The van der Waals surface area contributed by atoms with Gasteiger partial charge in [-0.15, -0.1) is 0 Å². The van der Waals surface area contributed by atoms with Crippen LogP contribution in [-0.2, 0) is 13.1 Å². The summed E-state index contributed by atoms with van der Waals surface area (Å²) in [7, 11) is 0. The molecule has 0 aromatic carbocycles. The van der Waals surface area contributed by atoms with E-state index >= 15 is 0 Å². The molecule has 0 aliphatic carbocycles. The lowest BCUT2D eigenvalue weighted by molar-refractivity contribution is 0.208. The number of rotatable bonds is 8. The summed E-state index contributed by atoms with van der Waals surface area (Å²) in [5.41, 5.74) is 2.46. The monoisotopic (exact) mass is 290 g/mol. The maximum absolute atomic E-state index is 4.61. The van der Waals surface area contributed by atoms with Crippen LogP contribution in [0, 0.1) is 0 Å². The van der Waals surface area contributed by atoms with E-state index < -0.39 is 0 Å². The third-order valence-electron chi connectivity index (χ3n) is 4.43. The standard InChI is InChI=1S/C17H30N4/c1-4-18-11-15-7-8-16(19-12-15)13-20-10-9-17(14-20)21(5-2)6-3/h7-8,12,17-18H,4-6,9-11,13-14H2,1-3H3. The van der Waals surface area contributed by atoms with Gasteiger partial charge in [0.1, 0.15) is 0 Å². The molecule has 1 fully saturated rings. The topological polar surface area (TPSA) is 31.4 Å². The van der Waals surface area contributed by atoms with Gasteiger partial charge in [-0.05, 0) is 37.7 Å². The summed E-state index contributed by atoms with van der Waals surface area (Å²) in [5.74, 6) is 0. The molecule has 1 aromatic rings. The first-order valence-electron chi connectivity index (χ1n) is 8.37. The minimum absolute atomic E-state index is 0.730. The van der Waals surface area contributed by atoms with Crippen molar-refractivity contribution in [2.24, 2.45) is 0 Å². The Morgan fingerprint density at radius 3 is 2.71 bits per heavy atom. The molecule has 4 heteroatoms. The van der Waals surface area contributed by atoms with Crippen molar-refractivity contribution in [1.29, 1.82) is 0 Å². The molecule has 2 heterocycles. The van der Waals surface area contributed by atoms with Gasteiger partial charge in [-0.3, -0.25) is 14.8 Å². The van der Waals surface area contributed by atoms with Crippen LogP contribution < -0.4 is 5.32 Å². The molecule has 0 radical (unpaired) electrons. The van der Waals surface area contributed by atoms with Gasteiger partial charge in [0.15, 0.2) is 0 Å². The summed E-state index contributed by atoms with van der Waals surface area (Å²) in [6.45, 7) is 14.2. The molecule has 1 aromatic heterocycles. The lowest BCUT2D eigenvalue weighted by Gasteiger charge is -2.26. The number of likely N-dealkylation sites (tertiary alicyclic amines) is 1. The number of hydrogen-bond acceptors (Lipinski definition) is 4. The van der Waals surface area contributed by atoms with Crippen LogP contribution in [0.25, 0.3) is 0 Å². The fraction of sp³-hybridized carbons (Fsp3) is 0.706. The first-order valence-corrected chi connectivity index (χ1v) is 8.37. The average molecular weight is 290 g/mol. The van der Waals surface area contributed by atoms with Crippen LogP contribution in [0.3, 0.4) is 0 Å². The number of hydrogen-bond donors (Lipinski definition) is 1. The van der Waals surface area contributed by atoms with E-state index in [1.54, 1.807) is 0 Å². The van der Waals surface area contributed by atoms with Gasteiger partial charge in [0.05, 0.1) is 5.69 Å².